The number of likely N-dealkylation sites (tertiary alicyclic amines) is 1. The number of nitrogens with zero attached hydrogens (tertiary/aromatic N) is 6. The van der Waals surface area contributed by atoms with Gasteiger partial charge < -0.3 is 9.32 Å². The fourth-order valence-electron chi connectivity index (χ4n) is 3.99. The molecule has 0 bridgehead atoms. The molecule has 4 aromatic rings. The van der Waals surface area contributed by atoms with Crippen LogP contribution in [0.4, 0.5) is 0 Å². The minimum absolute atomic E-state index is 0.0744. The van der Waals surface area contributed by atoms with Gasteiger partial charge in [0.2, 0.25) is 11.8 Å². The highest BCUT2D eigenvalue weighted by Crippen LogP contribution is 2.33. The van der Waals surface area contributed by atoms with Crippen LogP contribution in [0.25, 0.3) is 22.4 Å². The van der Waals surface area contributed by atoms with E-state index in [1.54, 1.807) is 23.4 Å². The van der Waals surface area contributed by atoms with E-state index in [4.69, 9.17) is 4.42 Å². The number of piperidine rings is 1. The number of amides is 1. The quantitative estimate of drug-likeness (QED) is 0.503. The molecule has 1 saturated heterocycles. The van der Waals surface area contributed by atoms with Gasteiger partial charge in [-0.05, 0) is 36.8 Å². The number of rotatable bonds is 4. The standard InChI is InChI=1S/C22H20N6O3/c29-18(14-27-12-5-10-24-22(27)30)28-13-4-3-8-17(28)20-25-26-21(31-20)19-16-7-2-1-6-15(16)9-11-23-19/h1-2,5-7,9-12,17H,3-4,8,13-14H2/t17-/m1/s1. The van der Waals surface area contributed by atoms with E-state index in [-0.39, 0.29) is 18.5 Å². The molecular formula is C22H20N6O3. The van der Waals surface area contributed by atoms with Crippen LogP contribution < -0.4 is 5.69 Å². The van der Waals surface area contributed by atoms with Crippen molar-refractivity contribution in [2.24, 2.45) is 0 Å². The highest BCUT2D eigenvalue weighted by atomic mass is 16.4. The van der Waals surface area contributed by atoms with Gasteiger partial charge in [-0.15, -0.1) is 10.2 Å². The minimum Gasteiger partial charge on any atom is -0.417 e. The number of carbonyl (C=O) groups is 1. The Morgan fingerprint density at radius 1 is 1.06 bits per heavy atom. The van der Waals surface area contributed by atoms with Gasteiger partial charge in [0.05, 0.1) is 0 Å². The van der Waals surface area contributed by atoms with Crippen molar-refractivity contribution in [1.29, 1.82) is 0 Å². The lowest BCUT2D eigenvalue weighted by molar-refractivity contribution is -0.136. The first-order valence-corrected chi connectivity index (χ1v) is 10.2. The monoisotopic (exact) mass is 416 g/mol. The fourth-order valence-corrected chi connectivity index (χ4v) is 3.99. The van der Waals surface area contributed by atoms with Crippen molar-refractivity contribution in [3.63, 3.8) is 0 Å². The Balaban J connectivity index is 1.43. The summed E-state index contributed by atoms with van der Waals surface area (Å²) in [5, 5.41) is 10.4. The Hall–Kier alpha value is -3.88. The van der Waals surface area contributed by atoms with Gasteiger partial charge in [0.15, 0.2) is 0 Å². The first kappa shape index (κ1) is 19.1. The Morgan fingerprint density at radius 3 is 2.87 bits per heavy atom. The normalized spacial score (nSPS) is 16.5. The molecule has 9 nitrogen and oxygen atoms in total. The zero-order valence-corrected chi connectivity index (χ0v) is 16.7. The van der Waals surface area contributed by atoms with E-state index in [1.807, 2.05) is 30.3 Å². The summed E-state index contributed by atoms with van der Waals surface area (Å²) in [5.41, 5.74) is 0.166. The molecule has 1 aromatic carbocycles. The third-order valence-corrected chi connectivity index (χ3v) is 5.51. The van der Waals surface area contributed by atoms with Crippen molar-refractivity contribution in [3.8, 4) is 11.6 Å². The summed E-state index contributed by atoms with van der Waals surface area (Å²) >= 11 is 0. The molecule has 3 aromatic heterocycles. The highest BCUT2D eigenvalue weighted by Gasteiger charge is 2.32. The van der Waals surface area contributed by atoms with E-state index in [1.165, 1.54) is 10.8 Å². The van der Waals surface area contributed by atoms with Crippen LogP contribution in [0.3, 0.4) is 0 Å². The van der Waals surface area contributed by atoms with Crippen LogP contribution >= 0.6 is 0 Å². The largest absolute Gasteiger partial charge is 0.417 e. The van der Waals surface area contributed by atoms with Crippen LogP contribution in [0.1, 0.15) is 31.2 Å². The molecule has 0 radical (unpaired) electrons. The van der Waals surface area contributed by atoms with Crippen molar-refractivity contribution in [2.75, 3.05) is 6.54 Å². The summed E-state index contributed by atoms with van der Waals surface area (Å²) in [7, 11) is 0. The first-order valence-electron chi connectivity index (χ1n) is 10.2. The van der Waals surface area contributed by atoms with Crippen LogP contribution in [0, 0.1) is 0 Å². The number of hydrogen-bond donors (Lipinski definition) is 0. The molecule has 1 atom stereocenters. The number of carbonyl (C=O) groups excluding carboxylic acids is 1. The van der Waals surface area contributed by atoms with Gasteiger partial charge in [-0.3, -0.25) is 14.3 Å². The molecule has 9 heteroatoms. The van der Waals surface area contributed by atoms with Gasteiger partial charge >= 0.3 is 5.69 Å². The highest BCUT2D eigenvalue weighted by molar-refractivity contribution is 5.92. The molecule has 0 unspecified atom stereocenters. The van der Waals surface area contributed by atoms with Crippen molar-refractivity contribution >= 4 is 16.7 Å². The maximum absolute atomic E-state index is 13.0. The van der Waals surface area contributed by atoms with Gasteiger partial charge in [0, 0.05) is 30.5 Å². The zero-order chi connectivity index (χ0) is 21.2. The summed E-state index contributed by atoms with van der Waals surface area (Å²) in [4.78, 5) is 34.7. The lowest BCUT2D eigenvalue weighted by Crippen LogP contribution is -2.42. The van der Waals surface area contributed by atoms with Crippen molar-refractivity contribution in [2.45, 2.75) is 31.8 Å². The second kappa shape index (κ2) is 8.10. The van der Waals surface area contributed by atoms with Crippen LogP contribution in [0.5, 0.6) is 0 Å². The first-order chi connectivity index (χ1) is 15.2. The van der Waals surface area contributed by atoms with Crippen molar-refractivity contribution in [1.82, 2.24) is 29.6 Å². The second-order valence-electron chi connectivity index (χ2n) is 7.46. The topological polar surface area (TPSA) is 107 Å². The van der Waals surface area contributed by atoms with Gasteiger partial charge in [-0.25, -0.2) is 9.78 Å². The molecule has 4 heterocycles. The summed E-state index contributed by atoms with van der Waals surface area (Å²) in [5.74, 6) is 0.535. The van der Waals surface area contributed by atoms with Crippen LogP contribution in [0.2, 0.25) is 0 Å². The summed E-state index contributed by atoms with van der Waals surface area (Å²) in [6.45, 7) is 0.498. The average molecular weight is 416 g/mol. The van der Waals surface area contributed by atoms with E-state index in [0.29, 0.717) is 24.0 Å². The van der Waals surface area contributed by atoms with Crippen molar-refractivity contribution < 1.29 is 9.21 Å². The predicted octanol–water partition coefficient (Wildman–Crippen LogP) is 2.60. The van der Waals surface area contributed by atoms with E-state index in [9.17, 15) is 9.59 Å². The molecule has 5 rings (SSSR count). The molecule has 1 amide bonds. The lowest BCUT2D eigenvalue weighted by atomic mass is 10.0. The molecule has 0 N–H and O–H groups in total. The number of benzene rings is 1. The van der Waals surface area contributed by atoms with Gasteiger partial charge in [0.25, 0.3) is 5.89 Å². The summed E-state index contributed by atoms with van der Waals surface area (Å²) < 4.78 is 7.31. The minimum atomic E-state index is -0.452. The number of fused-ring (bicyclic) bond motifs is 1. The number of aromatic nitrogens is 5. The van der Waals surface area contributed by atoms with Crippen LogP contribution in [-0.4, -0.2) is 42.1 Å². The Morgan fingerprint density at radius 2 is 1.97 bits per heavy atom. The molecule has 0 aliphatic carbocycles. The third-order valence-electron chi connectivity index (χ3n) is 5.51. The van der Waals surface area contributed by atoms with Gasteiger partial charge in [0.1, 0.15) is 18.3 Å². The molecular weight excluding hydrogens is 396 g/mol. The van der Waals surface area contributed by atoms with Crippen molar-refractivity contribution in [3.05, 3.63) is 71.4 Å². The summed E-state index contributed by atoms with van der Waals surface area (Å²) in [6, 6.07) is 11.1. The lowest BCUT2D eigenvalue weighted by Gasteiger charge is -2.33. The van der Waals surface area contributed by atoms with Crippen LogP contribution in [0.15, 0.2) is 64.2 Å². The molecule has 0 saturated carbocycles. The Bertz CT molecular complexity index is 1290. The Kier molecular flexibility index (Phi) is 4.99. The van der Waals surface area contributed by atoms with E-state index >= 15 is 0 Å². The second-order valence-corrected chi connectivity index (χ2v) is 7.46. The van der Waals surface area contributed by atoms with E-state index in [2.05, 4.69) is 20.2 Å². The third kappa shape index (κ3) is 3.70. The fraction of sp³-hybridized carbons (Fsp3) is 0.273. The maximum atomic E-state index is 13.0. The SMILES string of the molecule is O=C(Cn1cccnc1=O)N1CCCC[C@@H]1c1nnc(-c2nccc3ccccc23)o1. The molecule has 0 spiro atoms. The Labute approximate surface area is 177 Å². The smallest absolute Gasteiger partial charge is 0.347 e. The van der Waals surface area contributed by atoms with E-state index in [0.717, 1.165) is 30.0 Å². The molecule has 156 valence electrons. The number of pyridine rings is 1. The molecule has 31 heavy (non-hydrogen) atoms. The van der Waals surface area contributed by atoms with Gasteiger partial charge in [-0.2, -0.15) is 0 Å². The molecule has 1 aliphatic rings. The van der Waals surface area contributed by atoms with Crippen LogP contribution in [-0.2, 0) is 11.3 Å². The average Bonchev–Trinajstić information content (AvgIpc) is 3.30. The van der Waals surface area contributed by atoms with Gasteiger partial charge in [-0.1, -0.05) is 24.3 Å². The predicted molar refractivity (Wildman–Crippen MR) is 112 cm³/mol. The number of hydrogen-bond acceptors (Lipinski definition) is 7. The zero-order valence-electron chi connectivity index (χ0n) is 16.7. The molecule has 1 aliphatic heterocycles. The maximum Gasteiger partial charge on any atom is 0.347 e. The molecule has 1 fully saturated rings. The summed E-state index contributed by atoms with van der Waals surface area (Å²) in [6.07, 6.45) is 7.24. The van der Waals surface area contributed by atoms with E-state index < -0.39 is 5.69 Å².